The van der Waals surface area contributed by atoms with Crippen LogP contribution < -0.4 is 20.4 Å². The molecule has 1 aliphatic carbocycles. The maximum Gasteiger partial charge on any atom is 0.221 e. The first-order chi connectivity index (χ1) is 31.1. The van der Waals surface area contributed by atoms with Gasteiger partial charge in [0.05, 0.1) is 11.6 Å². The second-order valence-corrected chi connectivity index (χ2v) is 17.1. The fraction of sp³-hybridized carbons (Fsp3) is 0.345. The minimum Gasteiger partial charge on any atom is -0.511 e. The van der Waals surface area contributed by atoms with Gasteiger partial charge in [0.1, 0.15) is 23.5 Å². The fourth-order valence-corrected chi connectivity index (χ4v) is 9.43. The number of allylic oxidation sites excluding steroid dienone is 3. The third kappa shape index (κ3) is 8.86. The summed E-state index contributed by atoms with van der Waals surface area (Å²) in [6.45, 7) is 15.0. The average molecular weight is 853 g/mol. The summed E-state index contributed by atoms with van der Waals surface area (Å²) in [5, 5.41) is 48.3. The molecule has 0 heterocycles. The molecule has 0 radical (unpaired) electrons. The minimum atomic E-state index is -0.963. The number of nitriles is 2. The van der Waals surface area contributed by atoms with Crippen molar-refractivity contribution in [1.29, 1.82) is 10.5 Å². The third-order valence-corrected chi connectivity index (χ3v) is 12.6. The smallest absolute Gasteiger partial charge is 0.221 e. The predicted octanol–water partition coefficient (Wildman–Crippen LogP) is 13.4. The predicted molar refractivity (Wildman–Crippen MR) is 266 cm³/mol. The molecule has 6 aromatic rings. The van der Waals surface area contributed by atoms with Crippen molar-refractivity contribution in [3.05, 3.63) is 113 Å². The molecule has 0 aliphatic heterocycles. The molecular weight excluding hydrogens is 793 g/mol. The molecular formula is C55H60N6O3. The summed E-state index contributed by atoms with van der Waals surface area (Å²) in [7, 11) is 0. The van der Waals surface area contributed by atoms with Gasteiger partial charge in [0.2, 0.25) is 11.8 Å². The van der Waals surface area contributed by atoms with Crippen molar-refractivity contribution in [2.75, 3.05) is 46.6 Å². The number of hydrogen-bond acceptors (Lipinski definition) is 7. The van der Waals surface area contributed by atoms with Crippen molar-refractivity contribution in [1.82, 2.24) is 0 Å². The number of benzene rings is 6. The van der Waals surface area contributed by atoms with Crippen molar-refractivity contribution in [2.45, 2.75) is 98.8 Å². The Morgan fingerprint density at radius 3 is 1.41 bits per heavy atom. The van der Waals surface area contributed by atoms with Gasteiger partial charge in [-0.15, -0.1) is 0 Å². The Morgan fingerprint density at radius 1 is 0.594 bits per heavy atom. The minimum absolute atomic E-state index is 0.0525. The first-order valence-corrected chi connectivity index (χ1v) is 23.1. The normalized spacial score (nSPS) is 13.5. The van der Waals surface area contributed by atoms with Crippen LogP contribution in [0.4, 0.5) is 22.7 Å². The lowest BCUT2D eigenvalue weighted by Gasteiger charge is -2.38. The number of fused-ring (bicyclic) bond motifs is 4. The molecule has 9 heteroatoms. The molecule has 1 atom stereocenters. The van der Waals surface area contributed by atoms with Gasteiger partial charge >= 0.3 is 0 Å². The van der Waals surface area contributed by atoms with E-state index in [2.05, 4.69) is 96.7 Å². The Hall–Kier alpha value is -6.84. The quantitative estimate of drug-likeness (QED) is 0.0579. The number of carbonyl (C=O) groups is 2. The maximum absolute atomic E-state index is 13.2. The number of aliphatic hydroxyl groups excluding tert-OH is 1. The number of amides is 2. The van der Waals surface area contributed by atoms with E-state index < -0.39 is 5.92 Å². The van der Waals surface area contributed by atoms with Crippen molar-refractivity contribution < 1.29 is 14.7 Å². The lowest BCUT2D eigenvalue weighted by Crippen LogP contribution is -2.28. The number of carbonyl (C=O) groups excluding carboxylic acids is 2. The standard InChI is InChI=1S/C55H60N6O3/c1-7-11-23-60(24-12-8-2)48-31-46(58-35(5)62)51(44-29-39-21-17-15-19-37(39)27-42(44)48)53-50(41(33-56)34-57)54(55(53)64)52-45-30-40-22-18-16-20-38(40)28-43(45)49(32-47(52)59-36(6)63)61(25-13-9-3)26-14-10-4/h15-22,27-32,53,64H,7-14,23-26H2,1-6H3,(H,58,62)(H,59,63). The van der Waals surface area contributed by atoms with Crippen LogP contribution in [0.3, 0.4) is 0 Å². The molecule has 0 aromatic heterocycles. The summed E-state index contributed by atoms with van der Waals surface area (Å²) in [6, 6.07) is 33.2. The van der Waals surface area contributed by atoms with E-state index in [4.69, 9.17) is 0 Å². The summed E-state index contributed by atoms with van der Waals surface area (Å²) >= 11 is 0. The van der Waals surface area contributed by atoms with Crippen LogP contribution in [0.15, 0.2) is 102 Å². The van der Waals surface area contributed by atoms with E-state index in [1.54, 1.807) is 0 Å². The van der Waals surface area contributed by atoms with Crippen LogP contribution in [0.1, 0.15) is 110 Å². The van der Waals surface area contributed by atoms with Crippen LogP contribution in [0.25, 0.3) is 48.7 Å². The van der Waals surface area contributed by atoms with E-state index in [-0.39, 0.29) is 23.1 Å². The van der Waals surface area contributed by atoms with Gasteiger partial charge in [0, 0.05) is 84.6 Å². The number of anilines is 4. The Bertz CT molecular complexity index is 2880. The molecule has 7 rings (SSSR count). The van der Waals surface area contributed by atoms with Crippen LogP contribution in [0, 0.1) is 22.7 Å². The number of nitrogens with zero attached hydrogens (tertiary/aromatic N) is 4. The van der Waals surface area contributed by atoms with Gasteiger partial charge in [0.25, 0.3) is 0 Å². The highest BCUT2D eigenvalue weighted by Crippen LogP contribution is 2.59. The molecule has 3 N–H and O–H groups in total. The van der Waals surface area contributed by atoms with E-state index in [9.17, 15) is 25.2 Å². The molecule has 328 valence electrons. The maximum atomic E-state index is 13.2. The van der Waals surface area contributed by atoms with E-state index >= 15 is 0 Å². The molecule has 9 nitrogen and oxygen atoms in total. The van der Waals surface area contributed by atoms with Gasteiger partial charge in [-0.3, -0.25) is 9.59 Å². The average Bonchev–Trinajstić information content (AvgIpc) is 3.29. The molecule has 1 unspecified atom stereocenters. The fourth-order valence-electron chi connectivity index (χ4n) is 9.43. The van der Waals surface area contributed by atoms with E-state index in [1.165, 1.54) is 13.8 Å². The Labute approximate surface area is 377 Å². The summed E-state index contributed by atoms with van der Waals surface area (Å²) in [5.41, 5.74) is 4.57. The van der Waals surface area contributed by atoms with Crippen LogP contribution in [0.5, 0.6) is 0 Å². The van der Waals surface area contributed by atoms with Crippen LogP contribution in [-0.2, 0) is 9.59 Å². The van der Waals surface area contributed by atoms with Gasteiger partial charge in [-0.1, -0.05) is 102 Å². The van der Waals surface area contributed by atoms with E-state index in [0.29, 0.717) is 33.6 Å². The van der Waals surface area contributed by atoms with Crippen molar-refractivity contribution >= 4 is 83.2 Å². The van der Waals surface area contributed by atoms with Crippen LogP contribution in [-0.4, -0.2) is 43.1 Å². The summed E-state index contributed by atoms with van der Waals surface area (Å²) in [6.07, 6.45) is 8.01. The van der Waals surface area contributed by atoms with Gasteiger partial charge in [-0.25, -0.2) is 0 Å². The molecule has 0 bridgehead atoms. The summed E-state index contributed by atoms with van der Waals surface area (Å²) in [4.78, 5) is 31.2. The SMILES string of the molecule is CCCCN(CCCC)c1cc(NC(C)=O)c(C2=C(O)C(c3c(NC(C)=O)cc(N(CCCC)CCCC)c4cc5ccccc5cc34)C2=C(C#N)C#N)c2cc3ccccc3cc12. The third-order valence-electron chi connectivity index (χ3n) is 12.6. The molecule has 6 aromatic carbocycles. The van der Waals surface area contributed by atoms with Crippen molar-refractivity contribution in [3.8, 4) is 12.1 Å². The highest BCUT2D eigenvalue weighted by atomic mass is 16.3. The second kappa shape index (κ2) is 20.1. The van der Waals surface area contributed by atoms with Gasteiger partial charge in [-0.05, 0) is 100.0 Å². The molecule has 64 heavy (non-hydrogen) atoms. The molecule has 1 aliphatic rings. The van der Waals surface area contributed by atoms with Gasteiger partial charge in [0.15, 0.2) is 0 Å². The zero-order valence-electron chi connectivity index (χ0n) is 38.2. The summed E-state index contributed by atoms with van der Waals surface area (Å²) in [5.74, 6) is -1.59. The van der Waals surface area contributed by atoms with Crippen LogP contribution >= 0.6 is 0 Å². The molecule has 0 fully saturated rings. The lowest BCUT2D eigenvalue weighted by molar-refractivity contribution is -0.115. The Morgan fingerprint density at radius 2 is 0.984 bits per heavy atom. The largest absolute Gasteiger partial charge is 0.511 e. The van der Waals surface area contributed by atoms with Crippen molar-refractivity contribution in [2.24, 2.45) is 0 Å². The first-order valence-electron chi connectivity index (χ1n) is 23.1. The summed E-state index contributed by atoms with van der Waals surface area (Å²) < 4.78 is 0. The highest BCUT2D eigenvalue weighted by Gasteiger charge is 2.44. The first kappa shape index (κ1) is 45.2. The number of nitrogens with one attached hydrogen (secondary N) is 2. The topological polar surface area (TPSA) is 132 Å². The number of rotatable bonds is 18. The molecule has 0 saturated heterocycles. The van der Waals surface area contributed by atoms with E-state index in [1.807, 2.05) is 48.5 Å². The van der Waals surface area contributed by atoms with Gasteiger partial charge < -0.3 is 25.5 Å². The second-order valence-electron chi connectivity index (χ2n) is 17.1. The van der Waals surface area contributed by atoms with Crippen LogP contribution in [0.2, 0.25) is 0 Å². The Balaban J connectivity index is 1.61. The Kier molecular flexibility index (Phi) is 14.2. The highest BCUT2D eigenvalue weighted by molar-refractivity contribution is 6.17. The number of unbranched alkanes of at least 4 members (excludes halogenated alkanes) is 4. The molecule has 0 saturated carbocycles. The lowest BCUT2D eigenvalue weighted by atomic mass is 9.67. The number of aliphatic hydroxyl groups is 1. The zero-order valence-corrected chi connectivity index (χ0v) is 38.2. The molecule has 2 amide bonds. The monoisotopic (exact) mass is 852 g/mol. The molecule has 0 spiro atoms. The van der Waals surface area contributed by atoms with Crippen molar-refractivity contribution in [3.63, 3.8) is 0 Å². The van der Waals surface area contributed by atoms with Gasteiger partial charge in [-0.2, -0.15) is 10.5 Å². The zero-order chi connectivity index (χ0) is 45.5. The van der Waals surface area contributed by atoms with E-state index in [0.717, 1.165) is 132 Å². The number of hydrogen-bond donors (Lipinski definition) is 3.